The molecule has 0 aromatic carbocycles. The Hall–Kier alpha value is -1.25. The molecule has 0 radical (unpaired) electrons. The highest BCUT2D eigenvalue weighted by molar-refractivity contribution is 5.85. The van der Waals surface area contributed by atoms with Crippen molar-refractivity contribution in [3.05, 3.63) is 23.3 Å². The van der Waals surface area contributed by atoms with E-state index in [9.17, 15) is 0 Å². The lowest BCUT2D eigenvalue weighted by atomic mass is 9.88. The molecule has 3 heteroatoms. The van der Waals surface area contributed by atoms with Crippen LogP contribution < -0.4 is 0 Å². The second kappa shape index (κ2) is 2.62. The van der Waals surface area contributed by atoms with Crippen LogP contribution in [0.4, 0.5) is 0 Å². The molecular formula is C10H13N3. The van der Waals surface area contributed by atoms with Gasteiger partial charge < -0.3 is 0 Å². The maximum Gasteiger partial charge on any atom is 0.116 e. The Morgan fingerprint density at radius 3 is 2.69 bits per heavy atom. The van der Waals surface area contributed by atoms with Gasteiger partial charge in [0.2, 0.25) is 0 Å². The van der Waals surface area contributed by atoms with Gasteiger partial charge in [-0.25, -0.2) is 9.97 Å². The van der Waals surface area contributed by atoms with Gasteiger partial charge in [0.05, 0.1) is 17.9 Å². The van der Waals surface area contributed by atoms with Crippen LogP contribution in [0, 0.1) is 0 Å². The summed E-state index contributed by atoms with van der Waals surface area (Å²) in [5, 5.41) is 0. The zero-order chi connectivity index (χ0) is 9.47. The number of fused-ring (bicyclic) bond motifs is 1. The van der Waals surface area contributed by atoms with Gasteiger partial charge in [-0.3, -0.25) is 4.99 Å². The van der Waals surface area contributed by atoms with Crippen molar-refractivity contribution < 1.29 is 0 Å². The summed E-state index contributed by atoms with van der Waals surface area (Å²) in [6.07, 6.45) is 3.52. The van der Waals surface area contributed by atoms with E-state index in [4.69, 9.17) is 0 Å². The normalized spacial score (nSPS) is 14.7. The van der Waals surface area contributed by atoms with Gasteiger partial charge >= 0.3 is 0 Å². The van der Waals surface area contributed by atoms with E-state index in [2.05, 4.69) is 35.7 Å². The van der Waals surface area contributed by atoms with E-state index in [-0.39, 0.29) is 5.41 Å². The monoisotopic (exact) mass is 175 g/mol. The van der Waals surface area contributed by atoms with E-state index >= 15 is 0 Å². The highest BCUT2D eigenvalue weighted by Gasteiger charge is 2.23. The molecule has 1 aliphatic heterocycles. The molecule has 2 heterocycles. The first-order valence-electron chi connectivity index (χ1n) is 4.43. The lowest BCUT2D eigenvalue weighted by molar-refractivity contribution is 0.564. The van der Waals surface area contributed by atoms with Gasteiger partial charge in [-0.15, -0.1) is 0 Å². The second-order valence-corrected chi connectivity index (χ2v) is 4.30. The molecule has 0 bridgehead atoms. The van der Waals surface area contributed by atoms with Crippen LogP contribution in [0.2, 0.25) is 0 Å². The minimum absolute atomic E-state index is 0.0728. The molecule has 0 N–H and O–H groups in total. The van der Waals surface area contributed by atoms with Crippen molar-refractivity contribution in [1.29, 1.82) is 0 Å². The zero-order valence-electron chi connectivity index (χ0n) is 8.20. The zero-order valence-corrected chi connectivity index (χ0v) is 8.20. The molecule has 68 valence electrons. The number of hydrogen-bond acceptors (Lipinski definition) is 3. The van der Waals surface area contributed by atoms with Crippen LogP contribution in [0.1, 0.15) is 37.7 Å². The van der Waals surface area contributed by atoms with E-state index < -0.39 is 0 Å². The SMILES string of the molecule is CC(C)(C)c1ncnc2c1C=NC2. The van der Waals surface area contributed by atoms with Gasteiger partial charge in [-0.05, 0) is 0 Å². The molecular weight excluding hydrogens is 162 g/mol. The fourth-order valence-corrected chi connectivity index (χ4v) is 1.51. The number of aliphatic imine (C=N–C) groups is 1. The predicted octanol–water partition coefficient (Wildman–Crippen LogP) is 1.71. The summed E-state index contributed by atoms with van der Waals surface area (Å²) in [6.45, 7) is 7.17. The van der Waals surface area contributed by atoms with Crippen molar-refractivity contribution in [3.63, 3.8) is 0 Å². The highest BCUT2D eigenvalue weighted by Crippen LogP contribution is 2.25. The highest BCUT2D eigenvalue weighted by atomic mass is 14.9. The first-order valence-corrected chi connectivity index (χ1v) is 4.43. The molecule has 0 saturated heterocycles. The standard InChI is InChI=1S/C10H13N3/c1-10(2,3)9-7-4-11-5-8(7)12-6-13-9/h4,6H,5H2,1-3H3. The van der Waals surface area contributed by atoms with E-state index in [1.54, 1.807) is 6.33 Å². The molecule has 0 fully saturated rings. The number of rotatable bonds is 0. The van der Waals surface area contributed by atoms with Crippen LogP contribution >= 0.6 is 0 Å². The molecule has 0 unspecified atom stereocenters. The number of aromatic nitrogens is 2. The molecule has 3 nitrogen and oxygen atoms in total. The summed E-state index contributed by atoms with van der Waals surface area (Å²) in [7, 11) is 0. The molecule has 0 atom stereocenters. The average Bonchev–Trinajstić information content (AvgIpc) is 2.48. The lowest BCUT2D eigenvalue weighted by Gasteiger charge is -2.19. The Labute approximate surface area is 77.9 Å². The minimum atomic E-state index is 0.0728. The van der Waals surface area contributed by atoms with Gasteiger partial charge in [0.25, 0.3) is 0 Å². The molecule has 1 aliphatic rings. The van der Waals surface area contributed by atoms with E-state index in [1.807, 2.05) is 6.21 Å². The van der Waals surface area contributed by atoms with E-state index in [1.165, 1.54) is 0 Å². The second-order valence-electron chi connectivity index (χ2n) is 4.30. The van der Waals surface area contributed by atoms with Crippen molar-refractivity contribution in [1.82, 2.24) is 9.97 Å². The molecule has 0 saturated carbocycles. The van der Waals surface area contributed by atoms with Crippen molar-refractivity contribution in [2.75, 3.05) is 0 Å². The fraction of sp³-hybridized carbons (Fsp3) is 0.500. The van der Waals surface area contributed by atoms with Crippen LogP contribution in [0.3, 0.4) is 0 Å². The van der Waals surface area contributed by atoms with Crippen LogP contribution in [-0.4, -0.2) is 16.2 Å². The molecule has 1 aromatic rings. The van der Waals surface area contributed by atoms with E-state index in [0.29, 0.717) is 6.54 Å². The Bertz CT molecular complexity index is 361. The van der Waals surface area contributed by atoms with Gasteiger partial charge in [0, 0.05) is 17.2 Å². The third-order valence-corrected chi connectivity index (χ3v) is 2.14. The summed E-state index contributed by atoms with van der Waals surface area (Å²) in [5.41, 5.74) is 3.34. The molecule has 1 aromatic heterocycles. The van der Waals surface area contributed by atoms with Crippen LogP contribution in [0.15, 0.2) is 11.3 Å². The van der Waals surface area contributed by atoms with Gasteiger partial charge in [0.15, 0.2) is 0 Å². The molecule has 13 heavy (non-hydrogen) atoms. The summed E-state index contributed by atoms with van der Waals surface area (Å²) in [5.74, 6) is 0. The predicted molar refractivity (Wildman–Crippen MR) is 52.0 cm³/mol. The first-order chi connectivity index (χ1) is 6.09. The van der Waals surface area contributed by atoms with Crippen molar-refractivity contribution in [3.8, 4) is 0 Å². The number of hydrogen-bond donors (Lipinski definition) is 0. The van der Waals surface area contributed by atoms with Gasteiger partial charge in [0.1, 0.15) is 6.33 Å². The first kappa shape index (κ1) is 8.35. The Balaban J connectivity index is 2.59. The van der Waals surface area contributed by atoms with Gasteiger partial charge in [-0.2, -0.15) is 0 Å². The maximum absolute atomic E-state index is 4.32. The smallest absolute Gasteiger partial charge is 0.116 e. The quantitative estimate of drug-likeness (QED) is 0.602. The molecule has 2 rings (SSSR count). The minimum Gasteiger partial charge on any atom is -0.286 e. The Kier molecular flexibility index (Phi) is 1.68. The number of nitrogens with zero attached hydrogens (tertiary/aromatic N) is 3. The molecule has 0 spiro atoms. The van der Waals surface area contributed by atoms with Crippen LogP contribution in [-0.2, 0) is 12.0 Å². The Morgan fingerprint density at radius 1 is 1.23 bits per heavy atom. The average molecular weight is 175 g/mol. The van der Waals surface area contributed by atoms with E-state index in [0.717, 1.165) is 17.0 Å². The van der Waals surface area contributed by atoms with Crippen molar-refractivity contribution >= 4 is 6.21 Å². The topological polar surface area (TPSA) is 38.1 Å². The lowest BCUT2D eigenvalue weighted by Crippen LogP contribution is -2.17. The van der Waals surface area contributed by atoms with Crippen molar-refractivity contribution in [2.24, 2.45) is 4.99 Å². The third kappa shape index (κ3) is 1.34. The fourth-order valence-electron chi connectivity index (χ4n) is 1.51. The summed E-state index contributed by atoms with van der Waals surface area (Å²) in [4.78, 5) is 12.7. The largest absolute Gasteiger partial charge is 0.286 e. The van der Waals surface area contributed by atoms with Crippen molar-refractivity contribution in [2.45, 2.75) is 32.7 Å². The molecule has 0 amide bonds. The summed E-state index contributed by atoms with van der Waals surface area (Å²) < 4.78 is 0. The molecule has 0 aliphatic carbocycles. The van der Waals surface area contributed by atoms with Crippen LogP contribution in [0.5, 0.6) is 0 Å². The third-order valence-electron chi connectivity index (χ3n) is 2.14. The summed E-state index contributed by atoms with van der Waals surface area (Å²) >= 11 is 0. The Morgan fingerprint density at radius 2 is 2.00 bits per heavy atom. The summed E-state index contributed by atoms with van der Waals surface area (Å²) in [6, 6.07) is 0. The van der Waals surface area contributed by atoms with Crippen LogP contribution in [0.25, 0.3) is 0 Å². The van der Waals surface area contributed by atoms with Gasteiger partial charge in [-0.1, -0.05) is 20.8 Å². The maximum atomic E-state index is 4.32.